The van der Waals surface area contributed by atoms with Gasteiger partial charge in [0.05, 0.1) is 19.0 Å². The van der Waals surface area contributed by atoms with Gasteiger partial charge < -0.3 is 0 Å². The van der Waals surface area contributed by atoms with E-state index in [0.717, 1.165) is 0 Å². The molecule has 0 aliphatic heterocycles. The second-order valence-corrected chi connectivity index (χ2v) is 11.3. The van der Waals surface area contributed by atoms with Gasteiger partial charge >= 0.3 is 6.18 Å². The molecule has 0 radical (unpaired) electrons. The van der Waals surface area contributed by atoms with E-state index in [2.05, 4.69) is 20.9 Å². The molecule has 0 aliphatic rings. The quantitative estimate of drug-likeness (QED) is 0.527. The standard InChI is InChI=1S/C13H12BrF4NSi/c1-20(2,3)11-10(14)9-7(15)5-4-6-8(9)19-12(11)13(16,17)18/h4-6H,1-3H3. The van der Waals surface area contributed by atoms with Crippen LogP contribution in [0.1, 0.15) is 5.69 Å². The van der Waals surface area contributed by atoms with Gasteiger partial charge in [-0.3, -0.25) is 0 Å². The van der Waals surface area contributed by atoms with Crippen molar-refractivity contribution in [2.75, 3.05) is 0 Å². The zero-order chi connectivity index (χ0) is 15.3. The lowest BCUT2D eigenvalue weighted by Gasteiger charge is -2.24. The van der Waals surface area contributed by atoms with Gasteiger partial charge in [-0.2, -0.15) is 13.2 Å². The first-order valence-electron chi connectivity index (χ1n) is 5.89. The molecule has 0 amide bonds. The molecular formula is C13H12BrF4NSi. The van der Waals surface area contributed by atoms with Crippen LogP contribution in [0.4, 0.5) is 17.6 Å². The van der Waals surface area contributed by atoms with E-state index in [1.165, 1.54) is 18.2 Å². The molecule has 20 heavy (non-hydrogen) atoms. The summed E-state index contributed by atoms with van der Waals surface area (Å²) in [6, 6.07) is 3.95. The van der Waals surface area contributed by atoms with Gasteiger partial charge in [0.2, 0.25) is 0 Å². The Kier molecular flexibility index (Phi) is 3.71. The molecule has 0 bridgehead atoms. The summed E-state index contributed by atoms with van der Waals surface area (Å²) in [5.41, 5.74) is -0.909. The number of aromatic nitrogens is 1. The Balaban J connectivity index is 3.00. The molecular weight excluding hydrogens is 354 g/mol. The van der Waals surface area contributed by atoms with E-state index in [9.17, 15) is 17.6 Å². The highest BCUT2D eigenvalue weighted by molar-refractivity contribution is 9.10. The molecule has 1 aromatic heterocycles. The Morgan fingerprint density at radius 1 is 1.15 bits per heavy atom. The van der Waals surface area contributed by atoms with Gasteiger partial charge in [0.25, 0.3) is 0 Å². The van der Waals surface area contributed by atoms with Crippen LogP contribution in [0.2, 0.25) is 19.6 Å². The Bertz CT molecular complexity index is 677. The fraction of sp³-hybridized carbons (Fsp3) is 0.308. The zero-order valence-electron chi connectivity index (χ0n) is 11.1. The van der Waals surface area contributed by atoms with Crippen molar-refractivity contribution in [3.05, 3.63) is 34.2 Å². The van der Waals surface area contributed by atoms with Crippen LogP contribution in [-0.4, -0.2) is 13.1 Å². The average molecular weight is 366 g/mol. The maximum atomic E-state index is 13.9. The van der Waals surface area contributed by atoms with Gasteiger partial charge in [0, 0.05) is 4.47 Å². The normalized spacial score (nSPS) is 13.0. The first-order valence-corrected chi connectivity index (χ1v) is 10.2. The van der Waals surface area contributed by atoms with E-state index in [0.29, 0.717) is 0 Å². The van der Waals surface area contributed by atoms with Crippen molar-refractivity contribution in [3.8, 4) is 0 Å². The molecule has 0 N–H and O–H groups in total. The zero-order valence-corrected chi connectivity index (χ0v) is 13.7. The molecule has 0 atom stereocenters. The lowest BCUT2D eigenvalue weighted by molar-refractivity contribution is -0.140. The van der Waals surface area contributed by atoms with Gasteiger partial charge in [-0.15, -0.1) is 0 Å². The number of hydrogen-bond acceptors (Lipinski definition) is 1. The Morgan fingerprint density at radius 2 is 1.75 bits per heavy atom. The summed E-state index contributed by atoms with van der Waals surface area (Å²) in [5.74, 6) is -0.574. The van der Waals surface area contributed by atoms with E-state index in [-0.39, 0.29) is 20.6 Å². The summed E-state index contributed by atoms with van der Waals surface area (Å²) < 4.78 is 53.8. The van der Waals surface area contributed by atoms with Crippen molar-refractivity contribution in [2.45, 2.75) is 25.8 Å². The largest absolute Gasteiger partial charge is 0.433 e. The van der Waals surface area contributed by atoms with Crippen molar-refractivity contribution >= 4 is 40.1 Å². The summed E-state index contributed by atoms with van der Waals surface area (Å²) >= 11 is 3.17. The van der Waals surface area contributed by atoms with E-state index < -0.39 is 25.8 Å². The lowest BCUT2D eigenvalue weighted by Crippen LogP contribution is -2.44. The molecule has 0 unspecified atom stereocenters. The fourth-order valence-electron chi connectivity index (χ4n) is 2.12. The minimum Gasteiger partial charge on any atom is -0.243 e. The van der Waals surface area contributed by atoms with Crippen LogP contribution in [0.25, 0.3) is 10.9 Å². The highest BCUT2D eigenvalue weighted by atomic mass is 79.9. The van der Waals surface area contributed by atoms with Gasteiger partial charge in [-0.1, -0.05) is 41.6 Å². The van der Waals surface area contributed by atoms with Gasteiger partial charge in [0.1, 0.15) is 11.5 Å². The number of halogens is 5. The van der Waals surface area contributed by atoms with Crippen molar-refractivity contribution in [2.24, 2.45) is 0 Å². The molecule has 1 aromatic carbocycles. The van der Waals surface area contributed by atoms with E-state index >= 15 is 0 Å². The number of nitrogens with zero attached hydrogens (tertiary/aromatic N) is 1. The average Bonchev–Trinajstić information content (AvgIpc) is 2.25. The summed E-state index contributed by atoms with van der Waals surface area (Å²) in [6.45, 7) is 5.32. The van der Waals surface area contributed by atoms with Crippen molar-refractivity contribution in [1.82, 2.24) is 4.98 Å². The Morgan fingerprint density at radius 3 is 2.25 bits per heavy atom. The van der Waals surface area contributed by atoms with Crippen LogP contribution in [0.5, 0.6) is 0 Å². The van der Waals surface area contributed by atoms with E-state index in [1.54, 1.807) is 19.6 Å². The predicted octanol–water partition coefficient (Wildman–Crippen LogP) is 4.70. The minimum atomic E-state index is -4.56. The van der Waals surface area contributed by atoms with Crippen LogP contribution in [0.15, 0.2) is 22.7 Å². The molecule has 0 saturated carbocycles. The molecule has 0 saturated heterocycles. The fourth-order valence-corrected chi connectivity index (χ4v) is 6.17. The highest BCUT2D eigenvalue weighted by Gasteiger charge is 2.41. The third kappa shape index (κ3) is 2.61. The first kappa shape index (κ1) is 15.4. The lowest BCUT2D eigenvalue weighted by atomic mass is 10.2. The van der Waals surface area contributed by atoms with Crippen LogP contribution in [-0.2, 0) is 6.18 Å². The number of alkyl halides is 3. The van der Waals surface area contributed by atoms with Crippen molar-refractivity contribution in [3.63, 3.8) is 0 Å². The second kappa shape index (κ2) is 4.80. The van der Waals surface area contributed by atoms with Crippen LogP contribution in [0, 0.1) is 5.82 Å². The molecule has 7 heteroatoms. The SMILES string of the molecule is C[Si](C)(C)c1c(C(F)(F)F)nc2cccc(F)c2c1Br. The Labute approximate surface area is 123 Å². The second-order valence-electron chi connectivity index (χ2n) is 5.53. The summed E-state index contributed by atoms with van der Waals surface area (Å²) in [7, 11) is -2.37. The Hall–Kier alpha value is -0.953. The molecule has 1 nitrogen and oxygen atoms in total. The summed E-state index contributed by atoms with van der Waals surface area (Å²) in [4.78, 5) is 3.67. The van der Waals surface area contributed by atoms with Gasteiger partial charge in [-0.25, -0.2) is 9.37 Å². The molecule has 0 spiro atoms. The third-order valence-electron chi connectivity index (χ3n) is 2.92. The number of rotatable bonds is 1. The van der Waals surface area contributed by atoms with Crippen molar-refractivity contribution < 1.29 is 17.6 Å². The minimum absolute atomic E-state index is 0.00574. The molecule has 2 rings (SSSR count). The predicted molar refractivity (Wildman–Crippen MR) is 77.4 cm³/mol. The van der Waals surface area contributed by atoms with E-state index in [1.807, 2.05) is 0 Å². The number of hydrogen-bond donors (Lipinski definition) is 0. The smallest absolute Gasteiger partial charge is 0.243 e. The summed E-state index contributed by atoms with van der Waals surface area (Å²) in [6.07, 6.45) is -4.56. The first-order chi connectivity index (χ1) is 9.03. The van der Waals surface area contributed by atoms with Crippen molar-refractivity contribution in [1.29, 1.82) is 0 Å². The highest BCUT2D eigenvalue weighted by Crippen LogP contribution is 2.34. The molecule has 2 aromatic rings. The maximum absolute atomic E-state index is 13.9. The van der Waals surface area contributed by atoms with E-state index in [4.69, 9.17) is 0 Å². The topological polar surface area (TPSA) is 12.9 Å². The molecule has 108 valence electrons. The maximum Gasteiger partial charge on any atom is 0.433 e. The van der Waals surface area contributed by atoms with Crippen LogP contribution < -0.4 is 5.19 Å². The monoisotopic (exact) mass is 365 g/mol. The van der Waals surface area contributed by atoms with Crippen LogP contribution >= 0.6 is 15.9 Å². The summed E-state index contributed by atoms with van der Waals surface area (Å²) in [5, 5.41) is 0.209. The molecule has 0 aliphatic carbocycles. The molecule has 1 heterocycles. The van der Waals surface area contributed by atoms with Crippen LogP contribution in [0.3, 0.4) is 0 Å². The third-order valence-corrected chi connectivity index (χ3v) is 6.06. The molecule has 0 fully saturated rings. The number of pyridine rings is 1. The van der Waals surface area contributed by atoms with Gasteiger partial charge in [-0.05, 0) is 17.3 Å². The number of fused-ring (bicyclic) bond motifs is 1. The number of benzene rings is 1. The van der Waals surface area contributed by atoms with Gasteiger partial charge in [0.15, 0.2) is 0 Å².